The van der Waals surface area contributed by atoms with Crippen LogP contribution in [0.2, 0.25) is 0 Å². The highest BCUT2D eigenvalue weighted by atomic mass is 32.2. The number of carbonyl (C=O) groups excluding carboxylic acids is 1. The van der Waals surface area contributed by atoms with E-state index in [1.807, 2.05) is 19.9 Å². The third kappa shape index (κ3) is 3.42. The van der Waals surface area contributed by atoms with Gasteiger partial charge in [-0.25, -0.2) is 18.1 Å². The molecule has 7 nitrogen and oxygen atoms in total. The molecule has 2 aromatic rings. The highest BCUT2D eigenvalue weighted by Crippen LogP contribution is 2.13. The predicted octanol–water partition coefficient (Wildman–Crippen LogP) is 0.801. The number of nitrogens with one attached hydrogen (secondary N) is 1. The summed E-state index contributed by atoms with van der Waals surface area (Å²) in [7, 11) is -3.01. The van der Waals surface area contributed by atoms with Crippen molar-refractivity contribution in [3.05, 3.63) is 41.3 Å². The first kappa shape index (κ1) is 15.7. The number of hydrogen-bond acceptors (Lipinski definition) is 5. The van der Waals surface area contributed by atoms with E-state index in [-0.39, 0.29) is 23.5 Å². The van der Waals surface area contributed by atoms with Gasteiger partial charge in [0, 0.05) is 17.9 Å². The first-order valence-corrected chi connectivity index (χ1v) is 9.17. The van der Waals surface area contributed by atoms with Gasteiger partial charge in [0.25, 0.3) is 5.91 Å². The summed E-state index contributed by atoms with van der Waals surface area (Å²) in [5.74, 6) is 0.471. The van der Waals surface area contributed by atoms with Crippen LogP contribution in [-0.2, 0) is 9.84 Å². The third-order valence-electron chi connectivity index (χ3n) is 3.80. The molecule has 2 aromatic heterocycles. The molecular formula is C15H18N4O3S. The van der Waals surface area contributed by atoms with Crippen LogP contribution in [0.15, 0.2) is 24.4 Å². The normalized spacial score (nSPS) is 19.7. The number of hydrogen-bond donors (Lipinski definition) is 1. The largest absolute Gasteiger partial charge is 0.348 e. The van der Waals surface area contributed by atoms with Gasteiger partial charge in [0.05, 0.1) is 22.8 Å². The Bertz CT molecular complexity index is 840. The molecule has 1 saturated heterocycles. The van der Waals surface area contributed by atoms with E-state index in [1.54, 1.807) is 16.8 Å². The van der Waals surface area contributed by atoms with E-state index in [9.17, 15) is 13.2 Å². The van der Waals surface area contributed by atoms with Crippen LogP contribution < -0.4 is 5.32 Å². The second-order valence-electron chi connectivity index (χ2n) is 5.82. The lowest BCUT2D eigenvalue weighted by Crippen LogP contribution is -2.35. The minimum Gasteiger partial charge on any atom is -0.348 e. The second-order valence-corrected chi connectivity index (χ2v) is 8.05. The van der Waals surface area contributed by atoms with Crippen molar-refractivity contribution in [2.24, 2.45) is 0 Å². The molecule has 0 aliphatic carbocycles. The Morgan fingerprint density at radius 3 is 2.65 bits per heavy atom. The number of rotatable bonds is 3. The molecule has 1 N–H and O–H groups in total. The van der Waals surface area contributed by atoms with Crippen molar-refractivity contribution in [3.63, 3.8) is 0 Å². The maximum Gasteiger partial charge on any atom is 0.253 e. The fraction of sp³-hybridized carbons (Fsp3) is 0.400. The molecule has 3 heterocycles. The smallest absolute Gasteiger partial charge is 0.253 e. The summed E-state index contributed by atoms with van der Waals surface area (Å²) in [5, 5.41) is 7.09. The lowest BCUT2D eigenvalue weighted by atomic mass is 10.2. The quantitative estimate of drug-likeness (QED) is 0.896. The van der Waals surface area contributed by atoms with Gasteiger partial charge in [0.15, 0.2) is 15.7 Å². The van der Waals surface area contributed by atoms with Gasteiger partial charge in [-0.15, -0.1) is 0 Å². The topological polar surface area (TPSA) is 94.0 Å². The predicted molar refractivity (Wildman–Crippen MR) is 85.4 cm³/mol. The van der Waals surface area contributed by atoms with E-state index in [2.05, 4.69) is 15.4 Å². The summed E-state index contributed by atoms with van der Waals surface area (Å²) >= 11 is 0. The number of carbonyl (C=O) groups is 1. The van der Waals surface area contributed by atoms with Gasteiger partial charge in [0.2, 0.25) is 0 Å². The summed E-state index contributed by atoms with van der Waals surface area (Å²) in [6.45, 7) is 3.84. The zero-order valence-electron chi connectivity index (χ0n) is 13.0. The van der Waals surface area contributed by atoms with Crippen LogP contribution in [0.25, 0.3) is 5.82 Å². The first-order chi connectivity index (χ1) is 10.8. The van der Waals surface area contributed by atoms with Gasteiger partial charge >= 0.3 is 0 Å². The molecule has 1 aliphatic heterocycles. The number of sulfone groups is 1. The standard InChI is InChI=1S/C15H18N4O3S/c1-10-7-11(2)19(18-10)14-4-3-12(8-16-14)15(20)17-13-5-6-23(21,22)9-13/h3-4,7-8,13H,5-6,9H2,1-2H3,(H,17,20). The number of nitrogens with zero attached hydrogens (tertiary/aromatic N) is 3. The monoisotopic (exact) mass is 334 g/mol. The molecule has 0 spiro atoms. The fourth-order valence-electron chi connectivity index (χ4n) is 2.68. The van der Waals surface area contributed by atoms with E-state index >= 15 is 0 Å². The maximum absolute atomic E-state index is 12.2. The third-order valence-corrected chi connectivity index (χ3v) is 5.57. The second kappa shape index (κ2) is 5.77. The minimum absolute atomic E-state index is 0.00993. The molecule has 1 amide bonds. The Balaban J connectivity index is 1.72. The van der Waals surface area contributed by atoms with Crippen molar-refractivity contribution in [1.82, 2.24) is 20.1 Å². The number of pyridine rings is 1. The number of amides is 1. The summed E-state index contributed by atoms with van der Waals surface area (Å²) in [4.78, 5) is 16.4. The Hall–Kier alpha value is -2.22. The fourth-order valence-corrected chi connectivity index (χ4v) is 4.36. The Kier molecular flexibility index (Phi) is 3.93. The van der Waals surface area contributed by atoms with Gasteiger partial charge in [0.1, 0.15) is 0 Å². The summed E-state index contributed by atoms with van der Waals surface area (Å²) in [6.07, 6.45) is 1.94. The molecule has 0 saturated carbocycles. The van der Waals surface area contributed by atoms with Crippen LogP contribution in [0.3, 0.4) is 0 Å². The van der Waals surface area contributed by atoms with Gasteiger partial charge in [-0.1, -0.05) is 0 Å². The molecule has 3 rings (SSSR count). The van der Waals surface area contributed by atoms with Crippen molar-refractivity contribution in [2.45, 2.75) is 26.3 Å². The number of aromatic nitrogens is 3. The Morgan fingerprint density at radius 2 is 2.13 bits per heavy atom. The van der Waals surface area contributed by atoms with Gasteiger partial charge in [-0.3, -0.25) is 4.79 Å². The summed E-state index contributed by atoms with van der Waals surface area (Å²) < 4.78 is 24.6. The SMILES string of the molecule is Cc1cc(C)n(-c2ccc(C(=O)NC3CCS(=O)(=O)C3)cn2)n1. The van der Waals surface area contributed by atoms with E-state index in [0.717, 1.165) is 11.4 Å². The lowest BCUT2D eigenvalue weighted by molar-refractivity contribution is 0.0941. The van der Waals surface area contributed by atoms with E-state index in [4.69, 9.17) is 0 Å². The summed E-state index contributed by atoms with van der Waals surface area (Å²) in [5.41, 5.74) is 2.26. The summed E-state index contributed by atoms with van der Waals surface area (Å²) in [6, 6.07) is 5.02. The molecule has 0 aromatic carbocycles. The Morgan fingerprint density at radius 1 is 1.35 bits per heavy atom. The molecule has 1 aliphatic rings. The van der Waals surface area contributed by atoms with Crippen LogP contribution in [0.4, 0.5) is 0 Å². The first-order valence-electron chi connectivity index (χ1n) is 7.35. The molecule has 0 radical (unpaired) electrons. The molecule has 23 heavy (non-hydrogen) atoms. The van der Waals surface area contributed by atoms with Crippen molar-refractivity contribution in [1.29, 1.82) is 0 Å². The zero-order chi connectivity index (χ0) is 16.6. The molecule has 0 bridgehead atoms. The van der Waals surface area contributed by atoms with Crippen LogP contribution in [0.1, 0.15) is 28.2 Å². The van der Waals surface area contributed by atoms with Crippen LogP contribution in [0, 0.1) is 13.8 Å². The molecule has 1 unspecified atom stereocenters. The van der Waals surface area contributed by atoms with Crippen LogP contribution >= 0.6 is 0 Å². The molecule has 122 valence electrons. The maximum atomic E-state index is 12.2. The lowest BCUT2D eigenvalue weighted by Gasteiger charge is -2.11. The molecule has 8 heteroatoms. The number of aryl methyl sites for hydroxylation is 2. The zero-order valence-corrected chi connectivity index (χ0v) is 13.8. The minimum atomic E-state index is -3.01. The van der Waals surface area contributed by atoms with Crippen LogP contribution in [0.5, 0.6) is 0 Å². The van der Waals surface area contributed by atoms with Gasteiger partial charge in [-0.05, 0) is 38.5 Å². The van der Waals surface area contributed by atoms with Crippen molar-refractivity contribution in [3.8, 4) is 5.82 Å². The highest BCUT2D eigenvalue weighted by molar-refractivity contribution is 7.91. The van der Waals surface area contributed by atoms with Crippen LogP contribution in [-0.4, -0.2) is 46.6 Å². The van der Waals surface area contributed by atoms with Crippen molar-refractivity contribution >= 4 is 15.7 Å². The highest BCUT2D eigenvalue weighted by Gasteiger charge is 2.29. The van der Waals surface area contributed by atoms with E-state index in [1.165, 1.54) is 6.20 Å². The van der Waals surface area contributed by atoms with Crippen molar-refractivity contribution < 1.29 is 13.2 Å². The van der Waals surface area contributed by atoms with Gasteiger partial charge in [-0.2, -0.15) is 5.10 Å². The molecule has 1 fully saturated rings. The van der Waals surface area contributed by atoms with E-state index < -0.39 is 9.84 Å². The molecular weight excluding hydrogens is 316 g/mol. The average Bonchev–Trinajstić information content (AvgIpc) is 3.00. The van der Waals surface area contributed by atoms with Crippen molar-refractivity contribution in [2.75, 3.05) is 11.5 Å². The van der Waals surface area contributed by atoms with Gasteiger partial charge < -0.3 is 5.32 Å². The average molecular weight is 334 g/mol. The van der Waals surface area contributed by atoms with E-state index in [0.29, 0.717) is 17.8 Å². The Labute approximate surface area is 134 Å². The molecule has 1 atom stereocenters.